The van der Waals surface area contributed by atoms with E-state index in [4.69, 9.17) is 15.2 Å². The lowest BCUT2D eigenvalue weighted by molar-refractivity contribution is 0.202. The summed E-state index contributed by atoms with van der Waals surface area (Å²) in [6.07, 6.45) is 9.06. The Kier molecular flexibility index (Phi) is 3.55. The second-order valence-corrected chi connectivity index (χ2v) is 5.75. The third-order valence-corrected chi connectivity index (χ3v) is 4.33. The van der Waals surface area contributed by atoms with Gasteiger partial charge in [-0.25, -0.2) is 4.99 Å². The fourth-order valence-corrected chi connectivity index (χ4v) is 3.16. The van der Waals surface area contributed by atoms with Crippen LogP contribution in [0.3, 0.4) is 0 Å². The standard InChI is InChI=1S/C19H16N4O2/c1-24-14-6-2-5-13(10-14)23-15-8-7-12-4-3-9-25-18(12)17(15)22-19(21)16(23)11-20/h2-10,16,18H,1H3,(H2,21,22). The molecule has 0 spiro atoms. The van der Waals surface area contributed by atoms with Crippen molar-refractivity contribution in [3.63, 3.8) is 0 Å². The van der Waals surface area contributed by atoms with E-state index in [9.17, 15) is 5.26 Å². The van der Waals surface area contributed by atoms with E-state index in [1.807, 2.05) is 53.5 Å². The maximum atomic E-state index is 9.66. The molecule has 1 aromatic carbocycles. The Bertz CT molecular complexity index is 918. The molecule has 6 heteroatoms. The van der Waals surface area contributed by atoms with Crippen LogP contribution in [-0.4, -0.2) is 25.1 Å². The third-order valence-electron chi connectivity index (χ3n) is 4.33. The zero-order valence-electron chi connectivity index (χ0n) is 13.6. The second-order valence-electron chi connectivity index (χ2n) is 5.75. The highest BCUT2D eigenvalue weighted by atomic mass is 16.5. The number of allylic oxidation sites excluding steroid dienone is 3. The van der Waals surface area contributed by atoms with Crippen LogP contribution in [0.2, 0.25) is 0 Å². The van der Waals surface area contributed by atoms with E-state index in [0.717, 1.165) is 17.0 Å². The molecule has 0 amide bonds. The van der Waals surface area contributed by atoms with Gasteiger partial charge in [0.2, 0.25) is 0 Å². The second kappa shape index (κ2) is 5.87. The molecule has 6 nitrogen and oxygen atoms in total. The minimum atomic E-state index is -0.694. The fraction of sp³-hybridized carbons (Fsp3) is 0.158. The number of ether oxygens (including phenoxy) is 2. The van der Waals surface area contributed by atoms with Crippen LogP contribution >= 0.6 is 0 Å². The van der Waals surface area contributed by atoms with E-state index in [0.29, 0.717) is 11.4 Å². The number of nitrogens with zero attached hydrogens (tertiary/aromatic N) is 3. The number of aliphatic imine (C=N–C) groups is 1. The molecule has 0 bridgehead atoms. The van der Waals surface area contributed by atoms with Gasteiger partial charge in [-0.2, -0.15) is 5.26 Å². The summed E-state index contributed by atoms with van der Waals surface area (Å²) in [6, 6.07) is 9.06. The monoisotopic (exact) mass is 332 g/mol. The van der Waals surface area contributed by atoms with Gasteiger partial charge < -0.3 is 20.1 Å². The van der Waals surface area contributed by atoms with Crippen molar-refractivity contribution in [2.45, 2.75) is 12.1 Å². The summed E-state index contributed by atoms with van der Waals surface area (Å²) in [5.74, 6) is 0.950. The fourth-order valence-electron chi connectivity index (χ4n) is 3.16. The number of hydrogen-bond acceptors (Lipinski definition) is 6. The van der Waals surface area contributed by atoms with Crippen molar-refractivity contribution in [3.8, 4) is 11.8 Å². The number of hydrogen-bond donors (Lipinski definition) is 1. The lowest BCUT2D eigenvalue weighted by Gasteiger charge is -2.38. The smallest absolute Gasteiger partial charge is 0.179 e. The molecule has 2 N–H and O–H groups in total. The van der Waals surface area contributed by atoms with Crippen LogP contribution in [0.15, 0.2) is 76.8 Å². The first kappa shape index (κ1) is 15.1. The molecule has 2 unspecified atom stereocenters. The first-order valence-electron chi connectivity index (χ1n) is 7.84. The predicted molar refractivity (Wildman–Crippen MR) is 94.8 cm³/mol. The van der Waals surface area contributed by atoms with E-state index < -0.39 is 6.04 Å². The molecule has 0 saturated heterocycles. The summed E-state index contributed by atoms with van der Waals surface area (Å²) >= 11 is 0. The molecular weight excluding hydrogens is 316 g/mol. The van der Waals surface area contributed by atoms with E-state index in [1.54, 1.807) is 13.4 Å². The van der Waals surface area contributed by atoms with E-state index in [2.05, 4.69) is 11.1 Å². The van der Waals surface area contributed by atoms with Gasteiger partial charge in [0.15, 0.2) is 12.1 Å². The maximum absolute atomic E-state index is 9.66. The van der Waals surface area contributed by atoms with E-state index in [1.165, 1.54) is 0 Å². The SMILES string of the molecule is COc1cccc(N2C3=C(N=C(N)C2C#N)C2OC=CC=C2C=C3)c1. The topological polar surface area (TPSA) is 83.9 Å². The Balaban J connectivity index is 1.87. The van der Waals surface area contributed by atoms with Gasteiger partial charge in [-0.1, -0.05) is 18.2 Å². The van der Waals surface area contributed by atoms with Crippen LogP contribution in [0.4, 0.5) is 5.69 Å². The Labute approximate surface area is 145 Å². The number of nitrogens with two attached hydrogens (primary N) is 1. The lowest BCUT2D eigenvalue weighted by atomic mass is 9.94. The van der Waals surface area contributed by atoms with Crippen LogP contribution in [0, 0.1) is 11.3 Å². The molecule has 1 aromatic rings. The van der Waals surface area contributed by atoms with Crippen molar-refractivity contribution >= 4 is 11.5 Å². The summed E-state index contributed by atoms with van der Waals surface area (Å²) in [7, 11) is 1.61. The highest BCUT2D eigenvalue weighted by Crippen LogP contribution is 2.37. The minimum Gasteiger partial charge on any atom is -0.497 e. The van der Waals surface area contributed by atoms with E-state index >= 15 is 0 Å². The number of fused-ring (bicyclic) bond motifs is 2. The molecule has 2 heterocycles. The Morgan fingerprint density at radius 2 is 2.24 bits per heavy atom. The number of amidine groups is 1. The van der Waals surface area contributed by atoms with Crippen LogP contribution in [-0.2, 0) is 4.74 Å². The summed E-state index contributed by atoms with van der Waals surface area (Å²) in [5, 5.41) is 9.66. The van der Waals surface area contributed by atoms with Crippen molar-refractivity contribution in [3.05, 3.63) is 71.8 Å². The van der Waals surface area contributed by atoms with Crippen LogP contribution < -0.4 is 15.4 Å². The normalized spacial score (nSPS) is 23.8. The Morgan fingerprint density at radius 1 is 1.36 bits per heavy atom. The van der Waals surface area contributed by atoms with Crippen LogP contribution in [0.1, 0.15) is 0 Å². The lowest BCUT2D eigenvalue weighted by Crippen LogP contribution is -2.48. The first-order valence-corrected chi connectivity index (χ1v) is 7.84. The minimum absolute atomic E-state index is 0.247. The molecule has 3 aliphatic rings. The highest BCUT2D eigenvalue weighted by Gasteiger charge is 2.37. The Hall–Kier alpha value is -3.46. The van der Waals surface area contributed by atoms with Crippen molar-refractivity contribution in [1.29, 1.82) is 5.26 Å². The number of methoxy groups -OCH3 is 1. The van der Waals surface area contributed by atoms with Crippen molar-refractivity contribution < 1.29 is 9.47 Å². The summed E-state index contributed by atoms with van der Waals surface area (Å²) in [5.41, 5.74) is 9.42. The van der Waals surface area contributed by atoms with Crippen molar-refractivity contribution in [1.82, 2.24) is 0 Å². The highest BCUT2D eigenvalue weighted by molar-refractivity contribution is 5.95. The molecule has 0 saturated carbocycles. The number of nitriles is 1. The third kappa shape index (κ3) is 2.37. The van der Waals surface area contributed by atoms with Crippen LogP contribution in [0.25, 0.3) is 0 Å². The number of anilines is 1. The molecule has 1 aliphatic carbocycles. The summed E-state index contributed by atoms with van der Waals surface area (Å²) < 4.78 is 11.1. The molecular formula is C19H16N4O2. The summed E-state index contributed by atoms with van der Waals surface area (Å²) in [6.45, 7) is 0. The van der Waals surface area contributed by atoms with Gasteiger partial charge in [-0.15, -0.1) is 0 Å². The largest absolute Gasteiger partial charge is 0.497 e. The van der Waals surface area contributed by atoms with Gasteiger partial charge in [-0.05, 0) is 29.9 Å². The molecule has 2 aliphatic heterocycles. The molecule has 4 rings (SSSR count). The molecule has 124 valence electrons. The van der Waals surface area contributed by atoms with Gasteiger partial charge in [0.1, 0.15) is 17.3 Å². The van der Waals surface area contributed by atoms with Gasteiger partial charge in [0, 0.05) is 11.8 Å². The average molecular weight is 332 g/mol. The van der Waals surface area contributed by atoms with Gasteiger partial charge in [0.05, 0.1) is 25.1 Å². The molecule has 0 radical (unpaired) electrons. The number of rotatable bonds is 2. The average Bonchev–Trinajstić information content (AvgIpc) is 2.67. The van der Waals surface area contributed by atoms with Crippen molar-refractivity contribution in [2.24, 2.45) is 10.7 Å². The molecule has 0 fully saturated rings. The van der Waals surface area contributed by atoms with Gasteiger partial charge in [-0.3, -0.25) is 0 Å². The quantitative estimate of drug-likeness (QED) is 0.899. The maximum Gasteiger partial charge on any atom is 0.179 e. The number of benzene rings is 1. The Morgan fingerprint density at radius 3 is 3.04 bits per heavy atom. The molecule has 2 atom stereocenters. The summed E-state index contributed by atoms with van der Waals surface area (Å²) in [4.78, 5) is 6.36. The van der Waals surface area contributed by atoms with Crippen molar-refractivity contribution in [2.75, 3.05) is 12.0 Å². The van der Waals surface area contributed by atoms with Gasteiger partial charge >= 0.3 is 0 Å². The molecule has 0 aromatic heterocycles. The zero-order valence-corrected chi connectivity index (χ0v) is 13.6. The van der Waals surface area contributed by atoms with Gasteiger partial charge in [0.25, 0.3) is 0 Å². The first-order chi connectivity index (χ1) is 12.2. The van der Waals surface area contributed by atoms with Crippen LogP contribution in [0.5, 0.6) is 5.75 Å². The molecule has 25 heavy (non-hydrogen) atoms. The predicted octanol–water partition coefficient (Wildman–Crippen LogP) is 2.38. The zero-order chi connectivity index (χ0) is 17.4. The van der Waals surface area contributed by atoms with E-state index in [-0.39, 0.29) is 11.9 Å².